The number of rotatable bonds is 6. The number of nitrogens with two attached hydrogens (primary N) is 1. The van der Waals surface area contributed by atoms with Crippen molar-refractivity contribution in [1.29, 1.82) is 0 Å². The maximum Gasteiger partial charge on any atom is 0.239 e. The van der Waals surface area contributed by atoms with Crippen LogP contribution in [0.25, 0.3) is 0 Å². The lowest BCUT2D eigenvalue weighted by atomic mass is 10.1. The van der Waals surface area contributed by atoms with Gasteiger partial charge in [0.25, 0.3) is 0 Å². The number of hydrogen-bond acceptors (Lipinski definition) is 4. The molecule has 0 amide bonds. The predicted octanol–water partition coefficient (Wildman–Crippen LogP) is 1.90. The number of sulfonamides is 1. The Hall–Kier alpha value is -1.92. The highest BCUT2D eigenvalue weighted by molar-refractivity contribution is 7.92. The molecular formula is C15H19N3O2S. The Bertz CT molecular complexity index is 687. The Morgan fingerprint density at radius 3 is 2.43 bits per heavy atom. The SMILES string of the molecule is CCN(c1ccncc1)S(=O)(=O)Cc1cccc(CN)c1. The molecule has 0 saturated heterocycles. The van der Waals surface area contributed by atoms with Gasteiger partial charge in [-0.2, -0.15) is 0 Å². The minimum atomic E-state index is -3.44. The molecule has 0 radical (unpaired) electrons. The zero-order valence-corrected chi connectivity index (χ0v) is 12.8. The van der Waals surface area contributed by atoms with Crippen LogP contribution in [-0.2, 0) is 22.3 Å². The van der Waals surface area contributed by atoms with E-state index in [2.05, 4.69) is 4.98 Å². The Morgan fingerprint density at radius 1 is 1.14 bits per heavy atom. The standard InChI is InChI=1S/C15H19N3O2S/c1-2-18(15-6-8-17-9-7-15)21(19,20)12-14-5-3-4-13(10-14)11-16/h3-10H,2,11-12,16H2,1H3. The van der Waals surface area contributed by atoms with Crippen molar-refractivity contribution in [2.45, 2.75) is 19.2 Å². The Morgan fingerprint density at radius 2 is 1.81 bits per heavy atom. The van der Waals surface area contributed by atoms with Crippen molar-refractivity contribution in [3.8, 4) is 0 Å². The monoisotopic (exact) mass is 305 g/mol. The summed E-state index contributed by atoms with van der Waals surface area (Å²) in [7, 11) is -3.44. The first-order valence-corrected chi connectivity index (χ1v) is 8.36. The minimum Gasteiger partial charge on any atom is -0.326 e. The normalized spacial score (nSPS) is 11.3. The van der Waals surface area contributed by atoms with Crippen molar-refractivity contribution >= 4 is 15.7 Å². The molecular weight excluding hydrogens is 286 g/mol. The van der Waals surface area contributed by atoms with Crippen molar-refractivity contribution in [3.05, 3.63) is 59.9 Å². The summed E-state index contributed by atoms with van der Waals surface area (Å²) in [4.78, 5) is 3.92. The fraction of sp³-hybridized carbons (Fsp3) is 0.267. The van der Waals surface area contributed by atoms with Crippen LogP contribution in [0, 0.1) is 0 Å². The first kappa shape index (κ1) is 15.5. The first-order valence-electron chi connectivity index (χ1n) is 6.75. The van der Waals surface area contributed by atoms with Crippen molar-refractivity contribution < 1.29 is 8.42 Å². The van der Waals surface area contributed by atoms with Crippen LogP contribution in [0.4, 0.5) is 5.69 Å². The van der Waals surface area contributed by atoms with Gasteiger partial charge in [-0.3, -0.25) is 9.29 Å². The molecule has 0 fully saturated rings. The van der Waals surface area contributed by atoms with Gasteiger partial charge >= 0.3 is 0 Å². The number of benzene rings is 1. The van der Waals surface area contributed by atoms with E-state index in [0.717, 1.165) is 11.1 Å². The molecule has 5 nitrogen and oxygen atoms in total. The van der Waals surface area contributed by atoms with Gasteiger partial charge in [0.1, 0.15) is 0 Å². The number of hydrogen-bond donors (Lipinski definition) is 1. The van der Waals surface area contributed by atoms with Crippen LogP contribution in [0.15, 0.2) is 48.8 Å². The van der Waals surface area contributed by atoms with Crippen molar-refractivity contribution in [2.24, 2.45) is 5.73 Å². The molecule has 2 N–H and O–H groups in total. The quantitative estimate of drug-likeness (QED) is 0.884. The summed E-state index contributed by atoms with van der Waals surface area (Å²) in [5, 5.41) is 0. The molecule has 0 bridgehead atoms. The predicted molar refractivity (Wildman–Crippen MR) is 84.2 cm³/mol. The Labute approximate surface area is 125 Å². The zero-order valence-electron chi connectivity index (χ0n) is 11.9. The van der Waals surface area contributed by atoms with Gasteiger partial charge in [0.15, 0.2) is 0 Å². The van der Waals surface area contributed by atoms with Gasteiger partial charge in [0, 0.05) is 25.5 Å². The minimum absolute atomic E-state index is 0.0446. The maximum absolute atomic E-state index is 12.6. The van der Waals surface area contributed by atoms with Crippen LogP contribution in [0.2, 0.25) is 0 Å². The van der Waals surface area contributed by atoms with Crippen LogP contribution in [0.1, 0.15) is 18.1 Å². The fourth-order valence-electron chi connectivity index (χ4n) is 2.19. The Kier molecular flexibility index (Phi) is 4.93. The van der Waals surface area contributed by atoms with Gasteiger partial charge in [0.05, 0.1) is 11.4 Å². The average Bonchev–Trinajstić information content (AvgIpc) is 2.48. The second kappa shape index (κ2) is 6.69. The molecule has 1 heterocycles. The van der Waals surface area contributed by atoms with Gasteiger partial charge in [-0.05, 0) is 30.2 Å². The van der Waals surface area contributed by atoms with Crippen LogP contribution < -0.4 is 10.0 Å². The lowest BCUT2D eigenvalue weighted by Gasteiger charge is -2.22. The largest absolute Gasteiger partial charge is 0.326 e. The van der Waals surface area contributed by atoms with E-state index in [4.69, 9.17) is 5.73 Å². The molecule has 1 aromatic heterocycles. The summed E-state index contributed by atoms with van der Waals surface area (Å²) < 4.78 is 26.6. The van der Waals surface area contributed by atoms with Crippen LogP contribution in [0.3, 0.4) is 0 Å². The van der Waals surface area contributed by atoms with Crippen LogP contribution in [0.5, 0.6) is 0 Å². The van der Waals surface area contributed by atoms with Gasteiger partial charge < -0.3 is 5.73 Å². The third kappa shape index (κ3) is 3.80. The Balaban J connectivity index is 2.28. The molecule has 0 atom stereocenters. The summed E-state index contributed by atoms with van der Waals surface area (Å²) in [6.45, 7) is 2.59. The molecule has 0 saturated carbocycles. The van der Waals surface area contributed by atoms with E-state index in [1.807, 2.05) is 25.1 Å². The topological polar surface area (TPSA) is 76.3 Å². The second-order valence-corrected chi connectivity index (χ2v) is 6.54. The van der Waals surface area contributed by atoms with E-state index in [-0.39, 0.29) is 5.75 Å². The number of anilines is 1. The van der Waals surface area contributed by atoms with E-state index in [0.29, 0.717) is 18.8 Å². The molecule has 0 unspecified atom stereocenters. The first-order chi connectivity index (χ1) is 10.1. The summed E-state index contributed by atoms with van der Waals surface area (Å²) in [5.74, 6) is -0.0446. The van der Waals surface area contributed by atoms with E-state index < -0.39 is 10.0 Å². The lowest BCUT2D eigenvalue weighted by molar-refractivity contribution is 0.591. The average molecular weight is 305 g/mol. The molecule has 6 heteroatoms. The molecule has 0 aliphatic carbocycles. The van der Waals surface area contributed by atoms with Gasteiger partial charge in [0.2, 0.25) is 10.0 Å². The molecule has 0 aliphatic heterocycles. The summed E-state index contributed by atoms with van der Waals surface area (Å²) in [6, 6.07) is 10.7. The lowest BCUT2D eigenvalue weighted by Crippen LogP contribution is -2.31. The molecule has 1 aromatic carbocycles. The summed E-state index contributed by atoms with van der Waals surface area (Å²) >= 11 is 0. The number of aromatic nitrogens is 1. The van der Waals surface area contributed by atoms with Gasteiger partial charge in [-0.15, -0.1) is 0 Å². The smallest absolute Gasteiger partial charge is 0.239 e. The molecule has 2 aromatic rings. The highest BCUT2D eigenvalue weighted by atomic mass is 32.2. The maximum atomic E-state index is 12.6. The highest BCUT2D eigenvalue weighted by Gasteiger charge is 2.21. The van der Waals surface area contributed by atoms with E-state index >= 15 is 0 Å². The van der Waals surface area contributed by atoms with E-state index in [1.165, 1.54) is 4.31 Å². The van der Waals surface area contributed by atoms with E-state index in [9.17, 15) is 8.42 Å². The third-order valence-electron chi connectivity index (χ3n) is 3.15. The zero-order chi connectivity index (χ0) is 15.3. The molecule has 21 heavy (non-hydrogen) atoms. The molecule has 2 rings (SSSR count). The van der Waals surface area contributed by atoms with Crippen molar-refractivity contribution in [3.63, 3.8) is 0 Å². The third-order valence-corrected chi connectivity index (χ3v) is 4.99. The fourth-order valence-corrected chi connectivity index (χ4v) is 3.78. The van der Waals surface area contributed by atoms with Crippen molar-refractivity contribution in [1.82, 2.24) is 4.98 Å². The molecule has 0 spiro atoms. The highest BCUT2D eigenvalue weighted by Crippen LogP contribution is 2.20. The second-order valence-electron chi connectivity index (χ2n) is 4.65. The number of pyridine rings is 1. The van der Waals surface area contributed by atoms with E-state index in [1.54, 1.807) is 30.6 Å². The summed E-state index contributed by atoms with van der Waals surface area (Å²) in [6.07, 6.45) is 3.17. The van der Waals surface area contributed by atoms with Gasteiger partial charge in [-0.1, -0.05) is 24.3 Å². The van der Waals surface area contributed by atoms with Gasteiger partial charge in [-0.25, -0.2) is 8.42 Å². The summed E-state index contributed by atoms with van der Waals surface area (Å²) in [5.41, 5.74) is 7.89. The molecule has 0 aliphatic rings. The van der Waals surface area contributed by atoms with Crippen LogP contribution in [-0.4, -0.2) is 19.9 Å². The molecule has 112 valence electrons. The van der Waals surface area contributed by atoms with Crippen molar-refractivity contribution in [2.75, 3.05) is 10.8 Å². The number of nitrogens with zero attached hydrogens (tertiary/aromatic N) is 2. The van der Waals surface area contributed by atoms with Crippen LogP contribution >= 0.6 is 0 Å².